The van der Waals surface area contributed by atoms with Crippen molar-refractivity contribution < 1.29 is 9.53 Å². The molecule has 0 amide bonds. The highest BCUT2D eigenvalue weighted by Crippen LogP contribution is 2.26. The standard InChI is InChI=1S/C7H11N3O2/c1-3-5-4(2)6(9-10-8)7(11)12-5/h4-6H,3H2,1-2H3/t4-,5-,6-/m1/s1. The van der Waals surface area contributed by atoms with E-state index < -0.39 is 12.0 Å². The highest BCUT2D eigenvalue weighted by Gasteiger charge is 2.39. The lowest BCUT2D eigenvalue weighted by molar-refractivity contribution is -0.142. The van der Waals surface area contributed by atoms with Gasteiger partial charge in [0, 0.05) is 10.8 Å². The molecule has 1 saturated heterocycles. The molecule has 1 aliphatic rings. The number of ether oxygens (including phenoxy) is 1. The van der Waals surface area contributed by atoms with Crippen LogP contribution in [0.2, 0.25) is 0 Å². The van der Waals surface area contributed by atoms with Crippen molar-refractivity contribution in [1.82, 2.24) is 0 Å². The van der Waals surface area contributed by atoms with Gasteiger partial charge in [0.25, 0.3) is 0 Å². The third kappa shape index (κ3) is 1.36. The summed E-state index contributed by atoms with van der Waals surface area (Å²) in [7, 11) is 0. The van der Waals surface area contributed by atoms with Crippen molar-refractivity contribution in [2.24, 2.45) is 11.0 Å². The molecule has 3 atom stereocenters. The Bertz CT molecular complexity index is 235. The number of hydrogen-bond donors (Lipinski definition) is 0. The van der Waals surface area contributed by atoms with Crippen molar-refractivity contribution in [3.05, 3.63) is 10.4 Å². The second-order valence-electron chi connectivity index (χ2n) is 2.89. The van der Waals surface area contributed by atoms with E-state index in [1.54, 1.807) is 0 Å². The fourth-order valence-corrected chi connectivity index (χ4v) is 1.41. The maximum absolute atomic E-state index is 11.1. The minimum atomic E-state index is -0.625. The van der Waals surface area contributed by atoms with Crippen LogP contribution in [0.4, 0.5) is 0 Å². The number of carbonyl (C=O) groups is 1. The summed E-state index contributed by atoms with van der Waals surface area (Å²) >= 11 is 0. The molecule has 1 rings (SSSR count). The van der Waals surface area contributed by atoms with Crippen molar-refractivity contribution >= 4 is 5.97 Å². The predicted octanol–water partition coefficient (Wildman–Crippen LogP) is 1.64. The van der Waals surface area contributed by atoms with E-state index in [0.717, 1.165) is 6.42 Å². The Morgan fingerprint density at radius 3 is 2.83 bits per heavy atom. The molecule has 5 nitrogen and oxygen atoms in total. The fourth-order valence-electron chi connectivity index (χ4n) is 1.41. The summed E-state index contributed by atoms with van der Waals surface area (Å²) in [5, 5.41) is 3.39. The molecule has 5 heteroatoms. The van der Waals surface area contributed by atoms with Crippen molar-refractivity contribution in [1.29, 1.82) is 0 Å². The molecule has 12 heavy (non-hydrogen) atoms. The van der Waals surface area contributed by atoms with Gasteiger partial charge in [-0.15, -0.1) is 0 Å². The molecular formula is C7H11N3O2. The highest BCUT2D eigenvalue weighted by atomic mass is 16.6. The topological polar surface area (TPSA) is 75.1 Å². The molecule has 0 aromatic heterocycles. The third-order valence-corrected chi connectivity index (χ3v) is 2.17. The minimum absolute atomic E-state index is 0.00148. The molecule has 0 radical (unpaired) electrons. The Balaban J connectivity index is 2.76. The number of hydrogen-bond acceptors (Lipinski definition) is 3. The zero-order valence-electron chi connectivity index (χ0n) is 7.10. The number of nitrogens with zero attached hydrogens (tertiary/aromatic N) is 3. The molecule has 0 N–H and O–H groups in total. The third-order valence-electron chi connectivity index (χ3n) is 2.17. The van der Waals surface area contributed by atoms with Crippen LogP contribution in [-0.4, -0.2) is 18.1 Å². The summed E-state index contributed by atoms with van der Waals surface area (Å²) in [5.74, 6) is -0.398. The molecule has 1 fully saturated rings. The van der Waals surface area contributed by atoms with Gasteiger partial charge < -0.3 is 4.74 Å². The van der Waals surface area contributed by atoms with Crippen molar-refractivity contribution in [2.75, 3.05) is 0 Å². The van der Waals surface area contributed by atoms with Gasteiger partial charge in [-0.1, -0.05) is 19.0 Å². The van der Waals surface area contributed by atoms with E-state index in [-0.39, 0.29) is 12.0 Å². The first kappa shape index (κ1) is 8.87. The minimum Gasteiger partial charge on any atom is -0.462 e. The Morgan fingerprint density at radius 2 is 2.42 bits per heavy atom. The number of rotatable bonds is 2. The van der Waals surface area contributed by atoms with Crippen LogP contribution in [0.3, 0.4) is 0 Å². The SMILES string of the molecule is CC[C@H]1OC(=O)[C@H](N=[N+]=[N-])[C@@H]1C. The van der Waals surface area contributed by atoms with E-state index in [4.69, 9.17) is 10.3 Å². The quantitative estimate of drug-likeness (QED) is 0.272. The molecule has 1 heterocycles. The second kappa shape index (κ2) is 3.45. The van der Waals surface area contributed by atoms with Gasteiger partial charge in [-0.3, -0.25) is 4.79 Å². The summed E-state index contributed by atoms with van der Waals surface area (Å²) in [4.78, 5) is 13.7. The Kier molecular flexibility index (Phi) is 2.55. The van der Waals surface area contributed by atoms with Gasteiger partial charge in [-0.05, 0) is 12.0 Å². The summed E-state index contributed by atoms with van der Waals surface area (Å²) in [6.07, 6.45) is 0.678. The first-order valence-electron chi connectivity index (χ1n) is 3.95. The highest BCUT2D eigenvalue weighted by molar-refractivity contribution is 5.78. The van der Waals surface area contributed by atoms with Crippen LogP contribution in [-0.2, 0) is 9.53 Å². The second-order valence-corrected chi connectivity index (χ2v) is 2.89. The van der Waals surface area contributed by atoms with Crippen LogP contribution in [0, 0.1) is 5.92 Å². The van der Waals surface area contributed by atoms with Gasteiger partial charge in [-0.25, -0.2) is 0 Å². The van der Waals surface area contributed by atoms with Gasteiger partial charge >= 0.3 is 5.97 Å². The Morgan fingerprint density at radius 1 is 1.75 bits per heavy atom. The normalized spacial score (nSPS) is 34.2. The molecule has 0 aromatic rings. The van der Waals surface area contributed by atoms with Crippen LogP contribution in [0.25, 0.3) is 10.4 Å². The monoisotopic (exact) mass is 169 g/mol. The van der Waals surface area contributed by atoms with Crippen LogP contribution >= 0.6 is 0 Å². The first-order valence-corrected chi connectivity index (χ1v) is 3.95. The van der Waals surface area contributed by atoms with Gasteiger partial charge in [-0.2, -0.15) is 0 Å². The van der Waals surface area contributed by atoms with Crippen LogP contribution in [0.5, 0.6) is 0 Å². The molecule has 66 valence electrons. The smallest absolute Gasteiger partial charge is 0.315 e. The molecule has 0 spiro atoms. The van der Waals surface area contributed by atoms with Crippen molar-refractivity contribution in [2.45, 2.75) is 32.4 Å². The van der Waals surface area contributed by atoms with Gasteiger partial charge in [0.1, 0.15) is 12.1 Å². The zero-order chi connectivity index (χ0) is 9.14. The molecule has 1 aliphatic heterocycles. The summed E-state index contributed by atoms with van der Waals surface area (Å²) in [5.41, 5.74) is 8.17. The van der Waals surface area contributed by atoms with E-state index in [9.17, 15) is 4.79 Å². The van der Waals surface area contributed by atoms with E-state index >= 15 is 0 Å². The summed E-state index contributed by atoms with van der Waals surface area (Å²) in [6.45, 7) is 3.80. The lowest BCUT2D eigenvalue weighted by Gasteiger charge is -2.10. The Labute approximate surface area is 70.3 Å². The summed E-state index contributed by atoms with van der Waals surface area (Å²) < 4.78 is 4.98. The predicted molar refractivity (Wildman–Crippen MR) is 42.3 cm³/mol. The van der Waals surface area contributed by atoms with Crippen molar-refractivity contribution in [3.8, 4) is 0 Å². The molecule has 0 saturated carbocycles. The van der Waals surface area contributed by atoms with Crippen LogP contribution in [0.1, 0.15) is 20.3 Å². The molecular weight excluding hydrogens is 158 g/mol. The van der Waals surface area contributed by atoms with Gasteiger partial charge in [0.2, 0.25) is 0 Å². The maximum Gasteiger partial charge on any atom is 0.315 e. The van der Waals surface area contributed by atoms with Crippen LogP contribution < -0.4 is 0 Å². The zero-order valence-corrected chi connectivity index (χ0v) is 7.10. The molecule has 0 aliphatic carbocycles. The number of esters is 1. The number of cyclic esters (lactones) is 1. The van der Waals surface area contributed by atoms with Crippen LogP contribution in [0.15, 0.2) is 5.11 Å². The molecule has 0 aromatic carbocycles. The van der Waals surface area contributed by atoms with E-state index in [1.165, 1.54) is 0 Å². The summed E-state index contributed by atoms with van der Waals surface area (Å²) in [6, 6.07) is -0.625. The number of carbonyl (C=O) groups excluding carboxylic acids is 1. The van der Waals surface area contributed by atoms with E-state index in [2.05, 4.69) is 10.0 Å². The fraction of sp³-hybridized carbons (Fsp3) is 0.857. The van der Waals surface area contributed by atoms with E-state index in [0.29, 0.717) is 0 Å². The maximum atomic E-state index is 11.1. The molecule has 0 unspecified atom stereocenters. The first-order chi connectivity index (χ1) is 5.70. The Hall–Kier alpha value is -1.22. The molecule has 0 bridgehead atoms. The van der Waals surface area contributed by atoms with Gasteiger partial charge in [0.05, 0.1) is 0 Å². The lowest BCUT2D eigenvalue weighted by Crippen LogP contribution is -2.19. The average molecular weight is 169 g/mol. The number of azide groups is 1. The average Bonchev–Trinajstić information content (AvgIpc) is 2.32. The lowest BCUT2D eigenvalue weighted by atomic mass is 9.98. The van der Waals surface area contributed by atoms with Gasteiger partial charge in [0.15, 0.2) is 0 Å². The largest absolute Gasteiger partial charge is 0.462 e. The van der Waals surface area contributed by atoms with E-state index in [1.807, 2.05) is 13.8 Å². The van der Waals surface area contributed by atoms with Crippen molar-refractivity contribution in [3.63, 3.8) is 0 Å².